The van der Waals surface area contributed by atoms with Crippen LogP contribution in [0, 0.1) is 0 Å². The maximum absolute atomic E-state index is 10.6. The fraction of sp³-hybridized carbons (Fsp3) is 0.333. The molecule has 1 atom stereocenters. The van der Waals surface area contributed by atoms with Crippen molar-refractivity contribution in [1.82, 2.24) is 4.90 Å². The second-order valence-electron chi connectivity index (χ2n) is 6.68. The summed E-state index contributed by atoms with van der Waals surface area (Å²) >= 11 is 0. The molecule has 0 spiro atoms. The highest BCUT2D eigenvalue weighted by Crippen LogP contribution is 2.27. The van der Waals surface area contributed by atoms with Gasteiger partial charge in [0.2, 0.25) is 0 Å². The predicted molar refractivity (Wildman–Crippen MR) is 108 cm³/mol. The molecule has 4 rings (SSSR count). The number of nitrogens with zero attached hydrogens (tertiary/aromatic N) is 2. The van der Waals surface area contributed by atoms with Gasteiger partial charge in [0.05, 0.1) is 6.10 Å². The summed E-state index contributed by atoms with van der Waals surface area (Å²) < 4.78 is 5.77. The Hall–Kier alpha value is -2.01. The SMILES string of the molecule is Cl.OC(CN1CCN(c2ccccc2)CC1)C1=Cc2ccccc2OC1. The predicted octanol–water partition coefficient (Wildman–Crippen LogP) is 3.07. The van der Waals surface area contributed by atoms with Gasteiger partial charge in [-0.3, -0.25) is 4.90 Å². The molecule has 4 nitrogen and oxygen atoms in total. The summed E-state index contributed by atoms with van der Waals surface area (Å²) in [5.41, 5.74) is 3.29. The number of hydrogen-bond acceptors (Lipinski definition) is 4. The monoisotopic (exact) mass is 372 g/mol. The number of anilines is 1. The van der Waals surface area contributed by atoms with Crippen LogP contribution in [-0.2, 0) is 0 Å². The number of rotatable bonds is 4. The van der Waals surface area contributed by atoms with Gasteiger partial charge in [0.1, 0.15) is 12.4 Å². The molecule has 2 aliphatic heterocycles. The molecule has 2 aromatic rings. The van der Waals surface area contributed by atoms with Crippen molar-refractivity contribution in [1.29, 1.82) is 0 Å². The Kier molecular flexibility index (Phi) is 6.20. The van der Waals surface area contributed by atoms with E-state index < -0.39 is 6.10 Å². The van der Waals surface area contributed by atoms with Crippen molar-refractivity contribution in [3.05, 3.63) is 65.7 Å². The maximum Gasteiger partial charge on any atom is 0.127 e. The van der Waals surface area contributed by atoms with E-state index in [1.54, 1.807) is 0 Å². The van der Waals surface area contributed by atoms with Gasteiger partial charge in [0.15, 0.2) is 0 Å². The molecule has 1 saturated heterocycles. The van der Waals surface area contributed by atoms with Gasteiger partial charge in [-0.1, -0.05) is 36.4 Å². The van der Waals surface area contributed by atoms with Gasteiger partial charge in [-0.05, 0) is 29.8 Å². The lowest BCUT2D eigenvalue weighted by Crippen LogP contribution is -2.49. The van der Waals surface area contributed by atoms with Gasteiger partial charge in [-0.15, -0.1) is 12.4 Å². The van der Waals surface area contributed by atoms with Crippen LogP contribution in [-0.4, -0.2) is 55.4 Å². The largest absolute Gasteiger partial charge is 0.489 e. The lowest BCUT2D eigenvalue weighted by Gasteiger charge is -2.37. The number of aliphatic hydroxyl groups is 1. The lowest BCUT2D eigenvalue weighted by molar-refractivity contribution is 0.125. The lowest BCUT2D eigenvalue weighted by atomic mass is 10.0. The molecule has 138 valence electrons. The van der Waals surface area contributed by atoms with E-state index in [4.69, 9.17) is 4.74 Å². The summed E-state index contributed by atoms with van der Waals surface area (Å²) in [6.45, 7) is 5.07. The fourth-order valence-corrected chi connectivity index (χ4v) is 3.52. The summed E-state index contributed by atoms with van der Waals surface area (Å²) in [5, 5.41) is 10.6. The molecule has 5 heteroatoms. The van der Waals surface area contributed by atoms with E-state index in [1.807, 2.05) is 30.3 Å². The van der Waals surface area contributed by atoms with E-state index in [0.717, 1.165) is 43.1 Å². The summed E-state index contributed by atoms with van der Waals surface area (Å²) in [5.74, 6) is 0.898. The Labute approximate surface area is 161 Å². The normalized spacial score (nSPS) is 18.2. The van der Waals surface area contributed by atoms with Gasteiger partial charge in [0, 0.05) is 44.0 Å². The Balaban J connectivity index is 0.00000196. The minimum Gasteiger partial charge on any atom is -0.489 e. The number of piperazine rings is 1. The van der Waals surface area contributed by atoms with Crippen molar-refractivity contribution in [3.63, 3.8) is 0 Å². The first-order valence-corrected chi connectivity index (χ1v) is 8.92. The van der Waals surface area contributed by atoms with Crippen LogP contribution in [0.1, 0.15) is 5.56 Å². The molecule has 0 radical (unpaired) electrons. The quantitative estimate of drug-likeness (QED) is 0.894. The molecule has 0 bridgehead atoms. The van der Waals surface area contributed by atoms with Crippen LogP contribution in [0.25, 0.3) is 6.08 Å². The van der Waals surface area contributed by atoms with E-state index in [1.165, 1.54) is 5.69 Å². The average Bonchev–Trinajstić information content (AvgIpc) is 2.69. The maximum atomic E-state index is 10.6. The van der Waals surface area contributed by atoms with Gasteiger partial charge in [0.25, 0.3) is 0 Å². The van der Waals surface area contributed by atoms with Crippen molar-refractivity contribution in [2.24, 2.45) is 0 Å². The van der Waals surface area contributed by atoms with Gasteiger partial charge in [-0.25, -0.2) is 0 Å². The molecular formula is C21H25ClN2O2. The average molecular weight is 373 g/mol. The van der Waals surface area contributed by atoms with Crippen LogP contribution < -0.4 is 9.64 Å². The molecule has 0 saturated carbocycles. The Morgan fingerprint density at radius 2 is 1.62 bits per heavy atom. The topological polar surface area (TPSA) is 35.9 Å². The molecule has 1 unspecified atom stereocenters. The number of β-amino-alcohol motifs (C(OH)–C–C–N with tert-alkyl or cyclic N) is 1. The third-order valence-corrected chi connectivity index (χ3v) is 5.01. The van der Waals surface area contributed by atoms with Crippen molar-refractivity contribution in [3.8, 4) is 5.75 Å². The minimum absolute atomic E-state index is 0. The molecule has 0 aromatic heterocycles. The van der Waals surface area contributed by atoms with E-state index in [0.29, 0.717) is 13.2 Å². The molecule has 1 fully saturated rings. The Bertz CT molecular complexity index is 743. The molecule has 0 aliphatic carbocycles. The summed E-state index contributed by atoms with van der Waals surface area (Å²) in [6, 6.07) is 18.5. The van der Waals surface area contributed by atoms with E-state index in [-0.39, 0.29) is 12.4 Å². The summed E-state index contributed by atoms with van der Waals surface area (Å²) in [7, 11) is 0. The van der Waals surface area contributed by atoms with Crippen molar-refractivity contribution < 1.29 is 9.84 Å². The standard InChI is InChI=1S/C21H24N2O2.ClH/c24-20(18-14-17-6-4-5-9-21(17)25-16-18)15-22-10-12-23(13-11-22)19-7-2-1-3-8-19;/h1-9,14,20,24H,10-13,15-16H2;1H. The third kappa shape index (κ3) is 4.21. The molecular weight excluding hydrogens is 348 g/mol. The van der Waals surface area contributed by atoms with Crippen LogP contribution in [0.2, 0.25) is 0 Å². The number of aliphatic hydroxyl groups excluding tert-OH is 1. The number of fused-ring (bicyclic) bond motifs is 1. The van der Waals surface area contributed by atoms with Crippen LogP contribution in [0.5, 0.6) is 5.75 Å². The van der Waals surface area contributed by atoms with Crippen LogP contribution in [0.15, 0.2) is 60.2 Å². The Morgan fingerprint density at radius 1 is 0.923 bits per heavy atom. The first kappa shape index (κ1) is 18.8. The van der Waals surface area contributed by atoms with E-state index in [2.05, 4.69) is 40.1 Å². The summed E-state index contributed by atoms with van der Waals surface area (Å²) in [4.78, 5) is 4.74. The number of para-hydroxylation sites is 2. The highest BCUT2D eigenvalue weighted by Gasteiger charge is 2.23. The van der Waals surface area contributed by atoms with Crippen molar-refractivity contribution in [2.45, 2.75) is 6.10 Å². The van der Waals surface area contributed by atoms with Crippen LogP contribution >= 0.6 is 12.4 Å². The molecule has 26 heavy (non-hydrogen) atoms. The molecule has 1 N–H and O–H groups in total. The fourth-order valence-electron chi connectivity index (χ4n) is 3.52. The first-order valence-electron chi connectivity index (χ1n) is 8.92. The van der Waals surface area contributed by atoms with Crippen LogP contribution in [0.3, 0.4) is 0 Å². The highest BCUT2D eigenvalue weighted by molar-refractivity contribution is 5.85. The smallest absolute Gasteiger partial charge is 0.127 e. The molecule has 2 aliphatic rings. The molecule has 0 amide bonds. The second kappa shape index (κ2) is 8.58. The van der Waals surface area contributed by atoms with Gasteiger partial charge >= 0.3 is 0 Å². The zero-order valence-corrected chi connectivity index (χ0v) is 15.6. The first-order chi connectivity index (χ1) is 12.3. The highest BCUT2D eigenvalue weighted by atomic mass is 35.5. The summed E-state index contributed by atoms with van der Waals surface area (Å²) in [6.07, 6.45) is 1.60. The van der Waals surface area contributed by atoms with Crippen molar-refractivity contribution >= 4 is 24.2 Å². The van der Waals surface area contributed by atoms with Crippen molar-refractivity contribution in [2.75, 3.05) is 44.2 Å². The second-order valence-corrected chi connectivity index (χ2v) is 6.68. The van der Waals surface area contributed by atoms with Gasteiger partial charge < -0.3 is 14.7 Å². The zero-order chi connectivity index (χ0) is 17.1. The molecule has 2 heterocycles. The number of hydrogen-bond donors (Lipinski definition) is 1. The number of ether oxygens (including phenoxy) is 1. The minimum atomic E-state index is -0.475. The van der Waals surface area contributed by atoms with Gasteiger partial charge in [-0.2, -0.15) is 0 Å². The number of benzene rings is 2. The Morgan fingerprint density at radius 3 is 2.38 bits per heavy atom. The van der Waals surface area contributed by atoms with E-state index in [9.17, 15) is 5.11 Å². The van der Waals surface area contributed by atoms with Crippen LogP contribution in [0.4, 0.5) is 5.69 Å². The third-order valence-electron chi connectivity index (χ3n) is 5.01. The number of halogens is 1. The van der Waals surface area contributed by atoms with E-state index >= 15 is 0 Å². The molecule has 2 aromatic carbocycles. The zero-order valence-electron chi connectivity index (χ0n) is 14.8.